The van der Waals surface area contributed by atoms with E-state index in [4.69, 9.17) is 10.8 Å². The number of fused-ring (bicyclic) bond motifs is 1. The molecule has 5 rings (SSSR count). The Bertz CT molecular complexity index is 4520. The van der Waals surface area contributed by atoms with Crippen LogP contribution in [0.15, 0.2) is 97.6 Å². The average molecular weight is 1720 g/mol. The van der Waals surface area contributed by atoms with Crippen molar-refractivity contribution < 1.29 is 117 Å². The molecule has 13 amide bonds. The molecule has 0 saturated carbocycles. The first-order valence-corrected chi connectivity index (χ1v) is 40.1. The first-order chi connectivity index (χ1) is 58.0. The van der Waals surface area contributed by atoms with Crippen LogP contribution in [-0.2, 0) is 112 Å². The molecule has 2 heterocycles. The maximum absolute atomic E-state index is 14.9. The maximum Gasteiger partial charge on any atom is 0.326 e. The summed E-state index contributed by atoms with van der Waals surface area (Å²) >= 11 is 0. The molecule has 41 nitrogen and oxygen atoms in total. The van der Waals surface area contributed by atoms with Gasteiger partial charge in [-0.25, -0.2) is 9.78 Å². The Kier molecular flexibility index (Phi) is 39.7. The first-order valence-electron chi connectivity index (χ1n) is 40.1. The highest BCUT2D eigenvalue weighted by atomic mass is 16.4. The van der Waals surface area contributed by atoms with Crippen molar-refractivity contribution >= 4 is 118 Å². The summed E-state index contributed by atoms with van der Waals surface area (Å²) in [6.07, 6.45) is -1.02. The van der Waals surface area contributed by atoms with Gasteiger partial charge in [0.2, 0.25) is 76.8 Å². The number of H-pyrrole nitrogens is 2. The molecule has 0 spiro atoms. The second-order valence-corrected chi connectivity index (χ2v) is 30.9. The van der Waals surface area contributed by atoms with Crippen molar-refractivity contribution in [3.63, 3.8) is 0 Å². The van der Waals surface area contributed by atoms with Gasteiger partial charge in [0.1, 0.15) is 84.3 Å². The molecule has 0 unspecified atom stereocenters. The van der Waals surface area contributed by atoms with E-state index in [9.17, 15) is 112 Å². The molecule has 41 heteroatoms. The van der Waals surface area contributed by atoms with Gasteiger partial charge in [-0.2, -0.15) is 0 Å². The average Bonchev–Trinajstić information content (AvgIpc) is 1.68. The zero-order valence-electron chi connectivity index (χ0n) is 69.9. The number of aromatic amines is 2. The summed E-state index contributed by atoms with van der Waals surface area (Å²) in [5.74, 6) is -23.5. The maximum atomic E-state index is 14.9. The van der Waals surface area contributed by atoms with E-state index in [1.807, 2.05) is 0 Å². The highest BCUT2D eigenvalue weighted by Gasteiger charge is 2.40. The first kappa shape index (κ1) is 100. The number of hydrogen-bond donors (Lipinski definition) is 22. The van der Waals surface area contributed by atoms with E-state index in [0.29, 0.717) is 23.1 Å². The fraction of sp³-hybridized carbons (Fsp3) is 0.500. The summed E-state index contributed by atoms with van der Waals surface area (Å²) < 4.78 is 0. The molecule has 670 valence electrons. The number of para-hydroxylation sites is 1. The minimum Gasteiger partial charge on any atom is -0.508 e. The number of phenols is 1. The molecule has 16 atom stereocenters. The monoisotopic (exact) mass is 1720 g/mol. The third-order valence-corrected chi connectivity index (χ3v) is 20.2. The number of phenolic OH excluding ortho intramolecular Hbond substituents is 1. The lowest BCUT2D eigenvalue weighted by Crippen LogP contribution is -2.62. The van der Waals surface area contributed by atoms with Gasteiger partial charge in [0, 0.05) is 61.8 Å². The van der Waals surface area contributed by atoms with E-state index in [1.54, 1.807) is 102 Å². The smallest absolute Gasteiger partial charge is 0.326 e. The Labute approximate surface area is 708 Å². The second-order valence-electron chi connectivity index (χ2n) is 30.9. The largest absolute Gasteiger partial charge is 0.508 e. The summed E-state index contributed by atoms with van der Waals surface area (Å²) in [4.78, 5) is 255. The summed E-state index contributed by atoms with van der Waals surface area (Å²) in [5, 5.41) is 91.7. The molecule has 2 aromatic heterocycles. The number of aliphatic carboxylic acids is 5. The molecule has 0 bridgehead atoms. The van der Waals surface area contributed by atoms with Gasteiger partial charge in [0.05, 0.1) is 30.9 Å². The van der Waals surface area contributed by atoms with E-state index in [-0.39, 0.29) is 50.0 Å². The molecular weight excluding hydrogens is 1610 g/mol. The number of imidazole rings is 1. The van der Waals surface area contributed by atoms with Gasteiger partial charge in [-0.15, -0.1) is 0 Å². The molecule has 0 aliphatic carbocycles. The number of amides is 13. The molecular formula is C82H113N17O24. The highest BCUT2D eigenvalue weighted by molar-refractivity contribution is 6.01. The van der Waals surface area contributed by atoms with Gasteiger partial charge >= 0.3 is 29.8 Å². The Morgan fingerprint density at radius 3 is 1.31 bits per heavy atom. The van der Waals surface area contributed by atoms with Crippen LogP contribution in [0.25, 0.3) is 10.9 Å². The lowest BCUT2D eigenvalue weighted by atomic mass is 9.94. The quantitative estimate of drug-likeness (QED) is 0.0224. The predicted octanol–water partition coefficient (Wildman–Crippen LogP) is -0.905. The Hall–Kier alpha value is -13.4. The fourth-order valence-corrected chi connectivity index (χ4v) is 12.8. The number of carbonyl (C=O) groups is 18. The minimum atomic E-state index is -1.92. The van der Waals surface area contributed by atoms with Crippen LogP contribution in [0, 0.1) is 23.7 Å². The molecule has 23 N–H and O–H groups in total. The van der Waals surface area contributed by atoms with E-state index < -0.39 is 253 Å². The van der Waals surface area contributed by atoms with Crippen LogP contribution in [-0.4, -0.2) is 237 Å². The van der Waals surface area contributed by atoms with E-state index in [0.717, 1.165) is 17.8 Å². The number of aromatic nitrogens is 3. The van der Waals surface area contributed by atoms with E-state index in [1.165, 1.54) is 57.6 Å². The van der Waals surface area contributed by atoms with Crippen LogP contribution in [0.5, 0.6) is 5.75 Å². The van der Waals surface area contributed by atoms with Crippen molar-refractivity contribution in [1.29, 1.82) is 0 Å². The molecule has 0 radical (unpaired) electrons. The van der Waals surface area contributed by atoms with Crippen LogP contribution >= 0.6 is 0 Å². The Morgan fingerprint density at radius 2 is 0.797 bits per heavy atom. The van der Waals surface area contributed by atoms with Crippen molar-refractivity contribution in [1.82, 2.24) is 84.1 Å². The van der Waals surface area contributed by atoms with Crippen molar-refractivity contribution in [3.8, 4) is 5.75 Å². The third-order valence-electron chi connectivity index (χ3n) is 20.2. The number of benzene rings is 3. The topological polar surface area (TPSA) is 656 Å². The standard InChI is InChI=1S/C82H113N17O24/c1-11-42(7)67(80(120)96-61(82(122)123)33-48-37-85-53-21-17-16-20-51(48)53)99-81(121)68(43(8)12-2)98-78(118)60(36-65(107)108)94-75(115)56(30-40(3)4)92-77(117)59(34-49-38-84-39-86-49)91-69(109)44(9)88-74(114)57(31-46-18-14-13-15-19-46)93-76(116)58(32-47-22-24-50(100)25-23-47)95-79(119)66(41(5)6)97-70(110)45(10)87-72(112)54(26-28-62(101)102)90-73(113)55(27-29-63(103)104)89-71(111)52(83)35-64(105)106/h13-25,37-45,52,54-61,66-68,85,100H,11-12,26-36,83H2,1-10H3,(H,84,86)(H,87,112)(H,88,114)(H,89,111)(H,90,113)(H,91,109)(H,92,117)(H,93,116)(H,94,115)(H,95,119)(H,96,120)(H,97,110)(H,98,118)(H,99,121)(H,101,102)(H,103,104)(H,105,106)(H,107,108)(H,122,123)/t42-,43-,44-,45-,52-,54-,55-,56-,57-,58-,59-,60-,61-,66-,67-,68-/m0/s1. The zero-order valence-corrected chi connectivity index (χ0v) is 69.9. The van der Waals surface area contributed by atoms with Gasteiger partial charge in [0.25, 0.3) is 0 Å². The number of nitrogens with zero attached hydrogens (tertiary/aromatic N) is 1. The number of carboxylic acids is 5. The predicted molar refractivity (Wildman–Crippen MR) is 440 cm³/mol. The van der Waals surface area contributed by atoms with Crippen molar-refractivity contribution in [2.45, 2.75) is 237 Å². The van der Waals surface area contributed by atoms with Gasteiger partial charge < -0.3 is 115 Å². The normalized spacial score (nSPS) is 15.1. The van der Waals surface area contributed by atoms with Crippen molar-refractivity contribution in [2.24, 2.45) is 29.4 Å². The zero-order chi connectivity index (χ0) is 91.6. The molecule has 3 aromatic carbocycles. The summed E-state index contributed by atoms with van der Waals surface area (Å²) in [7, 11) is 0. The molecule has 5 aromatic rings. The molecule has 0 saturated heterocycles. The van der Waals surface area contributed by atoms with Crippen molar-refractivity contribution in [2.75, 3.05) is 0 Å². The van der Waals surface area contributed by atoms with E-state index >= 15 is 0 Å². The van der Waals surface area contributed by atoms with Crippen LogP contribution in [0.4, 0.5) is 0 Å². The SMILES string of the molecule is CC[C@H](C)[C@H](NC(=O)[C@H](CC(=O)O)NC(=O)[C@H](CC(C)C)NC(=O)[C@H](Cc1c[nH]cn1)NC(=O)[C@H](C)NC(=O)[C@H](Cc1ccccc1)NC(=O)[C@H](Cc1ccc(O)cc1)NC(=O)[C@@H](NC(=O)[C@H](C)NC(=O)[C@H](CCC(=O)O)NC(=O)[C@H](CCC(=O)O)NC(=O)[C@@H](N)CC(=O)O)C(C)C)C(=O)N[C@H](C(=O)N[C@@H](Cc1c[nH]c2ccccc12)C(=O)O)[C@@H](C)CC. The van der Waals surface area contributed by atoms with Crippen LogP contribution < -0.4 is 74.9 Å². The van der Waals surface area contributed by atoms with Crippen molar-refractivity contribution in [3.05, 3.63) is 120 Å². The molecule has 0 aliphatic heterocycles. The number of nitrogens with two attached hydrogens (primary N) is 1. The lowest BCUT2D eigenvalue weighted by Gasteiger charge is -2.31. The number of aromatic hydroxyl groups is 1. The highest BCUT2D eigenvalue weighted by Crippen LogP contribution is 2.22. The van der Waals surface area contributed by atoms with Gasteiger partial charge in [-0.05, 0) is 91.7 Å². The summed E-state index contributed by atoms with van der Waals surface area (Å²) in [6.45, 7) is 15.5. The lowest BCUT2D eigenvalue weighted by molar-refractivity contribution is -0.143. The number of hydrogen-bond acceptors (Lipinski definition) is 21. The molecule has 0 fully saturated rings. The second kappa shape index (κ2) is 48.8. The summed E-state index contributed by atoms with van der Waals surface area (Å²) in [5.41, 5.74) is 8.01. The number of carboxylic acid groups (broad SMARTS) is 5. The Morgan fingerprint density at radius 1 is 0.390 bits per heavy atom. The van der Waals surface area contributed by atoms with Crippen LogP contribution in [0.1, 0.15) is 149 Å². The number of rotatable bonds is 52. The fourth-order valence-electron chi connectivity index (χ4n) is 12.8. The molecule has 123 heavy (non-hydrogen) atoms. The van der Waals surface area contributed by atoms with E-state index in [2.05, 4.69) is 84.1 Å². The van der Waals surface area contributed by atoms with Gasteiger partial charge in [0.15, 0.2) is 0 Å². The van der Waals surface area contributed by atoms with Gasteiger partial charge in [-0.3, -0.25) is 81.5 Å². The third kappa shape index (κ3) is 32.9. The van der Waals surface area contributed by atoms with Crippen LogP contribution in [0.3, 0.4) is 0 Å². The van der Waals surface area contributed by atoms with Gasteiger partial charge in [-0.1, -0.05) is 129 Å². The number of carbonyl (C=O) groups excluding carboxylic acids is 13. The number of nitrogens with one attached hydrogen (secondary N) is 15. The van der Waals surface area contributed by atoms with Crippen LogP contribution in [0.2, 0.25) is 0 Å². The molecule has 0 aliphatic rings. The summed E-state index contributed by atoms with van der Waals surface area (Å²) in [6, 6.07) is -1.63. The Balaban J connectivity index is 1.35. The minimum absolute atomic E-state index is 0.126.